The van der Waals surface area contributed by atoms with Gasteiger partial charge >= 0.3 is 17.4 Å². The van der Waals surface area contributed by atoms with E-state index >= 15 is 0 Å². The number of nitrogens with zero attached hydrogens (tertiary/aromatic N) is 1. The van der Waals surface area contributed by atoms with E-state index in [1.54, 1.807) is 0 Å². The van der Waals surface area contributed by atoms with E-state index in [4.69, 9.17) is 11.6 Å². The lowest BCUT2D eigenvalue weighted by Gasteiger charge is -2.14. The number of carbonyl (C=O) groups excluding carboxylic acids is 1. The highest BCUT2D eigenvalue weighted by Crippen LogP contribution is 2.40. The number of hydrogen-bond acceptors (Lipinski definition) is 4. The number of pyridine rings is 1. The summed E-state index contributed by atoms with van der Waals surface area (Å²) in [5.41, 5.74) is -1.17. The largest absolute Gasteiger partial charge is 0.461 e. The van der Waals surface area contributed by atoms with E-state index < -0.39 is 33.0 Å². The SMILES string of the molecule is CCOC(=O)C(F)(F)Sc1ncc(C(F)(F)F)cc1Cl. The molecule has 0 spiro atoms. The maximum absolute atomic E-state index is 13.4. The first-order valence-electron chi connectivity index (χ1n) is 5.04. The Morgan fingerprint density at radius 1 is 1.40 bits per heavy atom. The molecule has 0 radical (unpaired) electrons. The molecule has 0 aliphatic heterocycles. The van der Waals surface area contributed by atoms with Crippen LogP contribution in [0.1, 0.15) is 12.5 Å². The number of aromatic nitrogens is 1. The van der Waals surface area contributed by atoms with Gasteiger partial charge in [-0.2, -0.15) is 22.0 Å². The summed E-state index contributed by atoms with van der Waals surface area (Å²) in [6, 6.07) is 0.456. The molecule has 0 fully saturated rings. The topological polar surface area (TPSA) is 39.2 Å². The molecule has 1 rings (SSSR count). The molecule has 10 heteroatoms. The van der Waals surface area contributed by atoms with E-state index in [1.807, 2.05) is 0 Å². The normalized spacial score (nSPS) is 12.3. The Morgan fingerprint density at radius 3 is 2.45 bits per heavy atom. The van der Waals surface area contributed by atoms with Gasteiger partial charge in [0.1, 0.15) is 5.03 Å². The van der Waals surface area contributed by atoms with Gasteiger partial charge in [0.2, 0.25) is 0 Å². The molecule has 0 saturated heterocycles. The van der Waals surface area contributed by atoms with Gasteiger partial charge < -0.3 is 4.74 Å². The number of halogens is 6. The Bertz CT molecular complexity index is 509. The van der Waals surface area contributed by atoms with Gasteiger partial charge in [0.05, 0.1) is 17.2 Å². The van der Waals surface area contributed by atoms with Crippen molar-refractivity contribution in [2.75, 3.05) is 6.61 Å². The highest BCUT2D eigenvalue weighted by molar-refractivity contribution is 8.01. The van der Waals surface area contributed by atoms with Crippen molar-refractivity contribution in [3.63, 3.8) is 0 Å². The van der Waals surface area contributed by atoms with Gasteiger partial charge in [0.15, 0.2) is 0 Å². The molecule has 0 aliphatic carbocycles. The number of rotatable bonds is 4. The zero-order valence-electron chi connectivity index (χ0n) is 9.80. The van der Waals surface area contributed by atoms with Gasteiger partial charge in [-0.1, -0.05) is 11.6 Å². The number of alkyl halides is 5. The molecule has 1 aromatic rings. The van der Waals surface area contributed by atoms with Crippen LogP contribution in [0.3, 0.4) is 0 Å². The highest BCUT2D eigenvalue weighted by Gasteiger charge is 2.43. The molecule has 3 nitrogen and oxygen atoms in total. The number of ether oxygens (including phenoxy) is 1. The van der Waals surface area contributed by atoms with Gasteiger partial charge in [-0.05, 0) is 24.8 Å². The molecule has 0 aromatic carbocycles. The fourth-order valence-corrected chi connectivity index (χ4v) is 1.96. The van der Waals surface area contributed by atoms with E-state index in [-0.39, 0.29) is 18.4 Å². The average Bonchev–Trinajstić information content (AvgIpc) is 2.30. The highest BCUT2D eigenvalue weighted by atomic mass is 35.5. The van der Waals surface area contributed by atoms with Gasteiger partial charge in [0.25, 0.3) is 0 Å². The smallest absolute Gasteiger partial charge is 0.417 e. The van der Waals surface area contributed by atoms with Gasteiger partial charge in [-0.15, -0.1) is 0 Å². The minimum Gasteiger partial charge on any atom is -0.461 e. The van der Waals surface area contributed by atoms with Gasteiger partial charge in [-0.3, -0.25) is 0 Å². The molecular formula is C10H7ClF5NO2S. The van der Waals surface area contributed by atoms with Crippen LogP contribution in [0.2, 0.25) is 5.02 Å². The first-order chi connectivity index (χ1) is 9.08. The molecule has 0 N–H and O–H groups in total. The standard InChI is InChI=1S/C10H7ClF5NO2S/c1-2-19-8(18)10(15,16)20-7-6(11)3-5(4-17-7)9(12,13)14/h3-4H,2H2,1H3. The van der Waals surface area contributed by atoms with Crippen LogP contribution in [0.4, 0.5) is 22.0 Å². The Labute approximate surface area is 119 Å². The van der Waals surface area contributed by atoms with E-state index in [9.17, 15) is 26.7 Å². The second kappa shape index (κ2) is 6.13. The van der Waals surface area contributed by atoms with Crippen LogP contribution in [-0.4, -0.2) is 22.8 Å². The summed E-state index contributed by atoms with van der Waals surface area (Å²) in [5, 5.41) is -5.22. The molecule has 0 amide bonds. The van der Waals surface area contributed by atoms with Crippen molar-refractivity contribution in [3.05, 3.63) is 22.8 Å². The quantitative estimate of drug-likeness (QED) is 0.473. The number of thioether (sulfide) groups is 1. The second-order valence-electron chi connectivity index (χ2n) is 3.35. The summed E-state index contributed by atoms with van der Waals surface area (Å²) < 4.78 is 67.9. The van der Waals surface area contributed by atoms with Crippen LogP contribution in [-0.2, 0) is 15.7 Å². The van der Waals surface area contributed by atoms with Crippen LogP contribution in [0.15, 0.2) is 17.3 Å². The second-order valence-corrected chi connectivity index (χ2v) is 4.86. The maximum atomic E-state index is 13.4. The fourth-order valence-electron chi connectivity index (χ4n) is 1.03. The van der Waals surface area contributed by atoms with Crippen molar-refractivity contribution in [3.8, 4) is 0 Å². The lowest BCUT2D eigenvalue weighted by Crippen LogP contribution is -2.27. The Balaban J connectivity index is 2.97. The molecular weight excluding hydrogens is 329 g/mol. The van der Waals surface area contributed by atoms with Crippen molar-refractivity contribution in [2.45, 2.75) is 23.4 Å². The summed E-state index contributed by atoms with van der Waals surface area (Å²) >= 11 is 5.08. The third kappa shape index (κ3) is 4.20. The molecule has 1 aromatic heterocycles. The number of carbonyl (C=O) groups is 1. The monoisotopic (exact) mass is 335 g/mol. The van der Waals surface area contributed by atoms with E-state index in [0.29, 0.717) is 12.3 Å². The Hall–Kier alpha value is -1.09. The third-order valence-corrected chi connectivity index (χ3v) is 3.21. The molecule has 0 saturated carbocycles. The zero-order valence-corrected chi connectivity index (χ0v) is 11.4. The first kappa shape index (κ1) is 17.0. The zero-order chi connectivity index (χ0) is 15.6. The Kier molecular flexibility index (Phi) is 5.20. The lowest BCUT2D eigenvalue weighted by atomic mass is 10.3. The van der Waals surface area contributed by atoms with E-state index in [0.717, 1.165) is 0 Å². The van der Waals surface area contributed by atoms with Crippen molar-refractivity contribution < 1.29 is 31.5 Å². The number of esters is 1. The predicted octanol–water partition coefficient (Wildman–Crippen LogP) is 4.00. The average molecular weight is 336 g/mol. The van der Waals surface area contributed by atoms with E-state index in [1.165, 1.54) is 6.92 Å². The van der Waals surface area contributed by atoms with Crippen molar-refractivity contribution >= 4 is 29.3 Å². The molecule has 20 heavy (non-hydrogen) atoms. The van der Waals surface area contributed by atoms with Crippen LogP contribution < -0.4 is 0 Å². The van der Waals surface area contributed by atoms with Crippen molar-refractivity contribution in [1.29, 1.82) is 0 Å². The number of hydrogen-bond donors (Lipinski definition) is 0. The van der Waals surface area contributed by atoms with Crippen molar-refractivity contribution in [1.82, 2.24) is 4.98 Å². The minimum absolute atomic E-state index is 0.261. The van der Waals surface area contributed by atoms with E-state index in [2.05, 4.69) is 9.72 Å². The fraction of sp³-hybridized carbons (Fsp3) is 0.400. The molecule has 0 bridgehead atoms. The third-order valence-electron chi connectivity index (χ3n) is 1.87. The molecule has 112 valence electrons. The van der Waals surface area contributed by atoms with Crippen molar-refractivity contribution in [2.24, 2.45) is 0 Å². The van der Waals surface area contributed by atoms with Crippen LogP contribution in [0.5, 0.6) is 0 Å². The minimum atomic E-state index is -4.69. The summed E-state index contributed by atoms with van der Waals surface area (Å²) in [6.07, 6.45) is -4.33. The summed E-state index contributed by atoms with van der Waals surface area (Å²) in [5.74, 6) is -1.82. The summed E-state index contributed by atoms with van der Waals surface area (Å²) in [4.78, 5) is 14.2. The van der Waals surface area contributed by atoms with Crippen LogP contribution in [0.25, 0.3) is 0 Å². The molecule has 0 atom stereocenters. The first-order valence-corrected chi connectivity index (χ1v) is 6.24. The van der Waals surface area contributed by atoms with Crippen LogP contribution >= 0.6 is 23.4 Å². The molecule has 0 aliphatic rings. The molecule has 1 heterocycles. The van der Waals surface area contributed by atoms with Crippen LogP contribution in [0, 0.1) is 0 Å². The lowest BCUT2D eigenvalue weighted by molar-refractivity contribution is -0.159. The molecule has 0 unspecified atom stereocenters. The maximum Gasteiger partial charge on any atom is 0.417 e. The summed E-state index contributed by atoms with van der Waals surface area (Å²) in [7, 11) is 0. The predicted molar refractivity (Wildman–Crippen MR) is 61.7 cm³/mol. The summed E-state index contributed by atoms with van der Waals surface area (Å²) in [6.45, 7) is 1.07. The Morgan fingerprint density at radius 2 is 2.00 bits per heavy atom. The van der Waals surface area contributed by atoms with Gasteiger partial charge in [-0.25, -0.2) is 9.78 Å². The van der Waals surface area contributed by atoms with Gasteiger partial charge in [0, 0.05) is 6.20 Å².